The molecule has 2 unspecified atom stereocenters. The van der Waals surface area contributed by atoms with Gasteiger partial charge < -0.3 is 15.3 Å². The van der Waals surface area contributed by atoms with Gasteiger partial charge in [0.05, 0.1) is 6.61 Å². The van der Waals surface area contributed by atoms with E-state index in [1.54, 1.807) is 0 Å². The van der Waals surface area contributed by atoms with Crippen LogP contribution in [-0.4, -0.2) is 38.8 Å². The Morgan fingerprint density at radius 3 is 2.53 bits per heavy atom. The number of carbonyl (C=O) groups is 1. The van der Waals surface area contributed by atoms with Crippen LogP contribution in [0, 0.1) is 0 Å². The Morgan fingerprint density at radius 1 is 1.47 bits per heavy atom. The Balaban J connectivity index is 2.84. The number of aliphatic hydroxyl groups excluding tert-OH is 3. The van der Waals surface area contributed by atoms with Gasteiger partial charge in [-0.25, -0.2) is 0 Å². The molecule has 0 amide bonds. The van der Waals surface area contributed by atoms with Gasteiger partial charge in [-0.1, -0.05) is 6.07 Å². The molecule has 0 radical (unpaired) electrons. The van der Waals surface area contributed by atoms with Crippen LogP contribution in [-0.2, 0) is 0 Å². The van der Waals surface area contributed by atoms with Gasteiger partial charge in [0.15, 0.2) is 5.78 Å². The van der Waals surface area contributed by atoms with Crippen LogP contribution in [0.15, 0.2) is 18.3 Å². The standard InChI is InChI=1S/C10H13NO4/c1-6(13)8-3-2-7(4-11-8)10(15)9(14)5-12/h2-4,9-10,12,14-15H,5H2,1H3. The van der Waals surface area contributed by atoms with Gasteiger partial charge in [0.25, 0.3) is 0 Å². The first-order valence-corrected chi connectivity index (χ1v) is 4.50. The van der Waals surface area contributed by atoms with E-state index in [1.807, 2.05) is 0 Å². The van der Waals surface area contributed by atoms with E-state index < -0.39 is 18.8 Å². The molecule has 5 nitrogen and oxygen atoms in total. The quantitative estimate of drug-likeness (QED) is 0.593. The van der Waals surface area contributed by atoms with Crippen molar-refractivity contribution in [3.63, 3.8) is 0 Å². The third-order valence-corrected chi connectivity index (χ3v) is 2.04. The van der Waals surface area contributed by atoms with Crippen molar-refractivity contribution in [1.29, 1.82) is 0 Å². The van der Waals surface area contributed by atoms with Gasteiger partial charge in [0, 0.05) is 18.7 Å². The molecule has 1 aromatic heterocycles. The Bertz CT molecular complexity index is 336. The largest absolute Gasteiger partial charge is 0.394 e. The molecule has 0 aromatic carbocycles. The van der Waals surface area contributed by atoms with Crippen molar-refractivity contribution in [2.45, 2.75) is 19.1 Å². The number of hydrogen-bond donors (Lipinski definition) is 3. The molecule has 15 heavy (non-hydrogen) atoms. The topological polar surface area (TPSA) is 90.7 Å². The second kappa shape index (κ2) is 4.97. The maximum absolute atomic E-state index is 10.9. The number of carbonyl (C=O) groups excluding carboxylic acids is 1. The van der Waals surface area contributed by atoms with Crippen molar-refractivity contribution >= 4 is 5.78 Å². The molecular formula is C10H13NO4. The summed E-state index contributed by atoms with van der Waals surface area (Å²) in [7, 11) is 0. The highest BCUT2D eigenvalue weighted by atomic mass is 16.4. The zero-order valence-electron chi connectivity index (χ0n) is 8.29. The minimum absolute atomic E-state index is 0.168. The summed E-state index contributed by atoms with van der Waals surface area (Å²) in [6, 6.07) is 2.96. The predicted molar refractivity (Wildman–Crippen MR) is 52.3 cm³/mol. The van der Waals surface area contributed by atoms with E-state index in [0.717, 1.165) is 0 Å². The number of aliphatic hydroxyl groups is 3. The Labute approximate surface area is 87.0 Å². The van der Waals surface area contributed by atoms with E-state index in [1.165, 1.54) is 25.3 Å². The minimum Gasteiger partial charge on any atom is -0.394 e. The Kier molecular flexibility index (Phi) is 3.90. The Hall–Kier alpha value is -1.30. The number of hydrogen-bond acceptors (Lipinski definition) is 5. The smallest absolute Gasteiger partial charge is 0.178 e. The molecule has 0 spiro atoms. The highest BCUT2D eigenvalue weighted by molar-refractivity contribution is 5.91. The molecule has 1 rings (SSSR count). The highest BCUT2D eigenvalue weighted by Gasteiger charge is 2.17. The summed E-state index contributed by atoms with van der Waals surface area (Å²) in [6.45, 7) is 0.858. The number of rotatable bonds is 4. The average molecular weight is 211 g/mol. The van der Waals surface area contributed by atoms with Crippen LogP contribution in [0.1, 0.15) is 29.1 Å². The van der Waals surface area contributed by atoms with Crippen molar-refractivity contribution in [3.8, 4) is 0 Å². The van der Waals surface area contributed by atoms with Crippen LogP contribution >= 0.6 is 0 Å². The molecule has 0 saturated heterocycles. The molecule has 3 N–H and O–H groups in total. The van der Waals surface area contributed by atoms with Crippen molar-refractivity contribution in [2.75, 3.05) is 6.61 Å². The zero-order valence-corrected chi connectivity index (χ0v) is 8.29. The number of aromatic nitrogens is 1. The lowest BCUT2D eigenvalue weighted by Crippen LogP contribution is -2.22. The number of nitrogens with zero attached hydrogens (tertiary/aromatic N) is 1. The number of ketones is 1. The van der Waals surface area contributed by atoms with Gasteiger partial charge in [0.2, 0.25) is 0 Å². The van der Waals surface area contributed by atoms with Gasteiger partial charge in [0.1, 0.15) is 17.9 Å². The number of Topliss-reactive ketones (excluding diaryl/α,β-unsaturated/α-hetero) is 1. The molecule has 0 aliphatic carbocycles. The van der Waals surface area contributed by atoms with Gasteiger partial charge >= 0.3 is 0 Å². The summed E-state index contributed by atoms with van der Waals surface area (Å²) in [4.78, 5) is 14.7. The molecule has 5 heteroatoms. The van der Waals surface area contributed by atoms with E-state index in [0.29, 0.717) is 11.3 Å². The first-order valence-electron chi connectivity index (χ1n) is 4.50. The van der Waals surface area contributed by atoms with Gasteiger partial charge in [-0.15, -0.1) is 0 Å². The van der Waals surface area contributed by atoms with E-state index in [9.17, 15) is 9.90 Å². The monoisotopic (exact) mass is 211 g/mol. The zero-order chi connectivity index (χ0) is 11.4. The van der Waals surface area contributed by atoms with E-state index in [4.69, 9.17) is 10.2 Å². The predicted octanol–water partition coefficient (Wildman–Crippen LogP) is -0.329. The molecule has 0 bridgehead atoms. The van der Waals surface area contributed by atoms with Gasteiger partial charge in [-0.3, -0.25) is 9.78 Å². The lowest BCUT2D eigenvalue weighted by atomic mass is 10.1. The summed E-state index contributed by atoms with van der Waals surface area (Å²) in [5.41, 5.74) is 0.658. The lowest BCUT2D eigenvalue weighted by Gasteiger charge is -2.15. The van der Waals surface area contributed by atoms with E-state index in [-0.39, 0.29) is 5.78 Å². The summed E-state index contributed by atoms with van der Waals surface area (Å²) in [6.07, 6.45) is -1.13. The lowest BCUT2D eigenvalue weighted by molar-refractivity contribution is -0.0154. The van der Waals surface area contributed by atoms with Crippen LogP contribution < -0.4 is 0 Å². The van der Waals surface area contributed by atoms with Crippen LogP contribution in [0.4, 0.5) is 0 Å². The van der Waals surface area contributed by atoms with Gasteiger partial charge in [-0.2, -0.15) is 0 Å². The van der Waals surface area contributed by atoms with Crippen molar-refractivity contribution < 1.29 is 20.1 Å². The fourth-order valence-electron chi connectivity index (χ4n) is 1.11. The SMILES string of the molecule is CC(=O)c1ccc(C(O)C(O)CO)cn1. The maximum atomic E-state index is 10.9. The van der Waals surface area contributed by atoms with Crippen LogP contribution in [0.5, 0.6) is 0 Å². The van der Waals surface area contributed by atoms with Crippen molar-refractivity contribution in [2.24, 2.45) is 0 Å². The minimum atomic E-state index is -1.24. The second-order valence-electron chi connectivity index (χ2n) is 3.23. The first-order chi connectivity index (χ1) is 7.06. The van der Waals surface area contributed by atoms with Crippen LogP contribution in [0.25, 0.3) is 0 Å². The molecule has 82 valence electrons. The third kappa shape index (κ3) is 2.82. The fourth-order valence-corrected chi connectivity index (χ4v) is 1.11. The molecule has 0 fully saturated rings. The third-order valence-electron chi connectivity index (χ3n) is 2.04. The van der Waals surface area contributed by atoms with Gasteiger partial charge in [-0.05, 0) is 6.07 Å². The highest BCUT2D eigenvalue weighted by Crippen LogP contribution is 2.15. The molecule has 0 aliphatic heterocycles. The molecule has 1 aromatic rings. The fraction of sp³-hybridized carbons (Fsp3) is 0.400. The second-order valence-corrected chi connectivity index (χ2v) is 3.23. The Morgan fingerprint density at radius 2 is 2.13 bits per heavy atom. The maximum Gasteiger partial charge on any atom is 0.178 e. The molecule has 2 atom stereocenters. The van der Waals surface area contributed by atoms with Crippen molar-refractivity contribution in [1.82, 2.24) is 4.98 Å². The summed E-state index contributed by atoms with van der Waals surface area (Å²) in [5, 5.41) is 27.3. The number of pyridine rings is 1. The molecular weight excluding hydrogens is 198 g/mol. The van der Waals surface area contributed by atoms with E-state index in [2.05, 4.69) is 4.98 Å². The van der Waals surface area contributed by atoms with Crippen molar-refractivity contribution in [3.05, 3.63) is 29.6 Å². The van der Waals surface area contributed by atoms with Crippen LogP contribution in [0.3, 0.4) is 0 Å². The normalized spacial score (nSPS) is 14.7. The summed E-state index contributed by atoms with van der Waals surface area (Å²) in [5.74, 6) is -0.168. The molecule has 1 heterocycles. The van der Waals surface area contributed by atoms with Crippen LogP contribution in [0.2, 0.25) is 0 Å². The summed E-state index contributed by atoms with van der Waals surface area (Å²) >= 11 is 0. The molecule has 0 aliphatic rings. The van der Waals surface area contributed by atoms with E-state index >= 15 is 0 Å². The average Bonchev–Trinajstić information content (AvgIpc) is 2.27. The first kappa shape index (κ1) is 11.8. The summed E-state index contributed by atoms with van der Waals surface area (Å²) < 4.78 is 0. The molecule has 0 saturated carbocycles.